The molecule has 126 valence electrons. The lowest BCUT2D eigenvalue weighted by atomic mass is 9.43. The van der Waals surface area contributed by atoms with Gasteiger partial charge in [0.15, 0.2) is 0 Å². The van der Waals surface area contributed by atoms with Gasteiger partial charge in [0, 0.05) is 18.3 Å². The van der Waals surface area contributed by atoms with Crippen molar-refractivity contribution < 1.29 is 4.79 Å². The molecule has 4 aliphatic carbocycles. The standard InChI is InChI=1S/C22H32O/c1-5-15-6-8-18-16-7-9-17-14(2)20(23)11-13-22(17,4)19(16)10-12-21(15,18)3/h1,14-19H,6-13H2,2-4H3/t14?,15-,16?,17?,18?,19?,21+,22-/m0/s1. The Hall–Kier alpha value is -0.770. The average Bonchev–Trinajstić information content (AvgIpc) is 2.88. The van der Waals surface area contributed by atoms with E-state index < -0.39 is 0 Å². The summed E-state index contributed by atoms with van der Waals surface area (Å²) in [6.07, 6.45) is 15.7. The summed E-state index contributed by atoms with van der Waals surface area (Å²) in [5, 5.41) is 0. The third kappa shape index (κ3) is 1.96. The van der Waals surface area contributed by atoms with Crippen LogP contribution >= 0.6 is 0 Å². The third-order valence-electron chi connectivity index (χ3n) is 9.16. The molecule has 4 rings (SSSR count). The Labute approximate surface area is 142 Å². The molecule has 0 aromatic carbocycles. The summed E-state index contributed by atoms with van der Waals surface area (Å²) in [5.74, 6) is 7.65. The highest BCUT2D eigenvalue weighted by Gasteiger charge is 2.60. The van der Waals surface area contributed by atoms with Crippen LogP contribution in [-0.4, -0.2) is 5.78 Å². The van der Waals surface area contributed by atoms with E-state index >= 15 is 0 Å². The van der Waals surface area contributed by atoms with Gasteiger partial charge in [-0.3, -0.25) is 4.79 Å². The number of carbonyl (C=O) groups excluding carboxylic acids is 1. The van der Waals surface area contributed by atoms with E-state index in [2.05, 4.69) is 26.7 Å². The zero-order chi connectivity index (χ0) is 16.4. The number of ketones is 1. The highest BCUT2D eigenvalue weighted by atomic mass is 16.1. The van der Waals surface area contributed by atoms with E-state index in [1.807, 2.05) is 0 Å². The third-order valence-corrected chi connectivity index (χ3v) is 9.16. The molecule has 0 N–H and O–H groups in total. The fourth-order valence-electron chi connectivity index (χ4n) is 7.80. The predicted octanol–water partition coefficient (Wildman–Crippen LogP) is 5.09. The second kappa shape index (κ2) is 5.11. The largest absolute Gasteiger partial charge is 0.299 e. The van der Waals surface area contributed by atoms with E-state index in [9.17, 15) is 4.79 Å². The van der Waals surface area contributed by atoms with E-state index in [4.69, 9.17) is 6.42 Å². The summed E-state index contributed by atoms with van der Waals surface area (Å²) < 4.78 is 0. The van der Waals surface area contributed by atoms with Crippen molar-refractivity contribution in [3.8, 4) is 12.3 Å². The molecule has 0 heterocycles. The zero-order valence-corrected chi connectivity index (χ0v) is 15.1. The molecule has 1 nitrogen and oxygen atoms in total. The van der Waals surface area contributed by atoms with E-state index in [0.29, 0.717) is 34.4 Å². The normalized spacial score (nSPS) is 55.5. The van der Waals surface area contributed by atoms with Gasteiger partial charge in [0.05, 0.1) is 0 Å². The van der Waals surface area contributed by atoms with Crippen molar-refractivity contribution in [2.75, 3.05) is 0 Å². The second-order valence-corrected chi connectivity index (χ2v) is 9.66. The molecule has 0 amide bonds. The number of fused-ring (bicyclic) bond motifs is 5. The van der Waals surface area contributed by atoms with Gasteiger partial charge in [-0.1, -0.05) is 20.8 Å². The molecule has 0 aromatic rings. The molecular formula is C22H32O. The Morgan fingerprint density at radius 2 is 1.65 bits per heavy atom. The lowest BCUT2D eigenvalue weighted by Crippen LogP contribution is -2.55. The first-order chi connectivity index (χ1) is 10.9. The molecule has 0 saturated heterocycles. The van der Waals surface area contributed by atoms with Gasteiger partial charge in [0.25, 0.3) is 0 Å². The quantitative estimate of drug-likeness (QED) is 0.569. The van der Waals surface area contributed by atoms with Crippen LogP contribution in [0.4, 0.5) is 0 Å². The van der Waals surface area contributed by atoms with Crippen molar-refractivity contribution in [2.24, 2.45) is 46.3 Å². The molecule has 5 unspecified atom stereocenters. The van der Waals surface area contributed by atoms with Crippen molar-refractivity contribution in [1.82, 2.24) is 0 Å². The summed E-state index contributed by atoms with van der Waals surface area (Å²) >= 11 is 0. The van der Waals surface area contributed by atoms with Crippen LogP contribution in [0.1, 0.15) is 72.1 Å². The van der Waals surface area contributed by atoms with Crippen molar-refractivity contribution in [2.45, 2.75) is 72.1 Å². The van der Waals surface area contributed by atoms with Crippen LogP contribution in [0, 0.1) is 58.7 Å². The van der Waals surface area contributed by atoms with Crippen LogP contribution in [0.15, 0.2) is 0 Å². The first-order valence-electron chi connectivity index (χ1n) is 9.90. The number of hydrogen-bond donors (Lipinski definition) is 0. The predicted molar refractivity (Wildman–Crippen MR) is 93.6 cm³/mol. The van der Waals surface area contributed by atoms with Crippen molar-refractivity contribution in [3.63, 3.8) is 0 Å². The summed E-state index contributed by atoms with van der Waals surface area (Å²) in [4.78, 5) is 12.2. The van der Waals surface area contributed by atoms with Crippen molar-refractivity contribution >= 4 is 5.78 Å². The van der Waals surface area contributed by atoms with E-state index in [0.717, 1.165) is 30.6 Å². The van der Waals surface area contributed by atoms with Gasteiger partial charge in [0.1, 0.15) is 5.78 Å². The smallest absolute Gasteiger partial charge is 0.136 e. The number of terminal acetylenes is 1. The molecule has 0 aliphatic heterocycles. The molecule has 0 aromatic heterocycles. The van der Waals surface area contributed by atoms with Gasteiger partial charge in [0.2, 0.25) is 0 Å². The van der Waals surface area contributed by atoms with Gasteiger partial charge in [-0.2, -0.15) is 0 Å². The average molecular weight is 312 g/mol. The molecule has 0 spiro atoms. The second-order valence-electron chi connectivity index (χ2n) is 9.66. The van der Waals surface area contributed by atoms with Crippen molar-refractivity contribution in [1.29, 1.82) is 0 Å². The molecule has 23 heavy (non-hydrogen) atoms. The molecule has 4 aliphatic rings. The van der Waals surface area contributed by atoms with Crippen LogP contribution < -0.4 is 0 Å². The van der Waals surface area contributed by atoms with Gasteiger partial charge < -0.3 is 0 Å². The highest BCUT2D eigenvalue weighted by molar-refractivity contribution is 5.82. The van der Waals surface area contributed by atoms with E-state index in [1.54, 1.807) is 0 Å². The van der Waals surface area contributed by atoms with Crippen LogP contribution in [-0.2, 0) is 4.79 Å². The number of Topliss-reactive ketones (excluding diaryl/α,β-unsaturated/α-hetero) is 1. The van der Waals surface area contributed by atoms with Gasteiger partial charge in [-0.05, 0) is 79.4 Å². The Morgan fingerprint density at radius 3 is 2.39 bits per heavy atom. The Kier molecular flexibility index (Phi) is 3.50. The Balaban J connectivity index is 1.65. The molecule has 0 bridgehead atoms. The molecule has 0 radical (unpaired) electrons. The van der Waals surface area contributed by atoms with E-state index in [-0.39, 0.29) is 0 Å². The van der Waals surface area contributed by atoms with Gasteiger partial charge in [-0.15, -0.1) is 12.3 Å². The lowest BCUT2D eigenvalue weighted by molar-refractivity contribution is -0.148. The first kappa shape index (κ1) is 15.7. The maximum atomic E-state index is 12.2. The van der Waals surface area contributed by atoms with Crippen LogP contribution in [0.25, 0.3) is 0 Å². The SMILES string of the molecule is C#C[C@H]1CCC2C3CCC4C(C)C(=O)CC[C@]4(C)C3CC[C@@]21C. The first-order valence-corrected chi connectivity index (χ1v) is 9.90. The highest BCUT2D eigenvalue weighted by Crippen LogP contribution is 2.67. The molecule has 8 atom stereocenters. The maximum absolute atomic E-state index is 12.2. The molecule has 4 fully saturated rings. The minimum atomic E-state index is 0.296. The van der Waals surface area contributed by atoms with Crippen LogP contribution in [0.3, 0.4) is 0 Å². The fraction of sp³-hybridized carbons (Fsp3) is 0.864. The molecule has 4 saturated carbocycles. The number of rotatable bonds is 0. The molecular weight excluding hydrogens is 280 g/mol. The number of hydrogen-bond acceptors (Lipinski definition) is 1. The minimum Gasteiger partial charge on any atom is -0.299 e. The number of carbonyl (C=O) groups is 1. The monoisotopic (exact) mass is 312 g/mol. The summed E-state index contributed by atoms with van der Waals surface area (Å²) in [7, 11) is 0. The lowest BCUT2D eigenvalue weighted by Gasteiger charge is -2.61. The van der Waals surface area contributed by atoms with Crippen molar-refractivity contribution in [3.05, 3.63) is 0 Å². The summed E-state index contributed by atoms with van der Waals surface area (Å²) in [5.41, 5.74) is 0.807. The topological polar surface area (TPSA) is 17.1 Å². The zero-order valence-electron chi connectivity index (χ0n) is 15.1. The summed E-state index contributed by atoms with van der Waals surface area (Å²) in [6, 6.07) is 0. The van der Waals surface area contributed by atoms with Gasteiger partial charge >= 0.3 is 0 Å². The fourth-order valence-corrected chi connectivity index (χ4v) is 7.80. The molecule has 1 heteroatoms. The minimum absolute atomic E-state index is 0.296. The van der Waals surface area contributed by atoms with Crippen LogP contribution in [0.2, 0.25) is 0 Å². The van der Waals surface area contributed by atoms with Crippen LogP contribution in [0.5, 0.6) is 0 Å². The van der Waals surface area contributed by atoms with Gasteiger partial charge in [-0.25, -0.2) is 0 Å². The summed E-state index contributed by atoms with van der Waals surface area (Å²) in [6.45, 7) is 7.24. The maximum Gasteiger partial charge on any atom is 0.136 e. The Morgan fingerprint density at radius 1 is 0.957 bits per heavy atom. The Bertz CT molecular complexity index is 557. The van der Waals surface area contributed by atoms with E-state index in [1.165, 1.54) is 38.5 Å².